The molecule has 2 aromatic heterocycles. The van der Waals surface area contributed by atoms with Gasteiger partial charge in [0, 0.05) is 11.6 Å². The topological polar surface area (TPSA) is 67.9 Å². The Hall–Kier alpha value is -1.91. The molecule has 13 heavy (non-hydrogen) atoms. The molecule has 0 radical (unpaired) electrons. The van der Waals surface area contributed by atoms with Gasteiger partial charge in [0.2, 0.25) is 0 Å². The minimum atomic E-state index is -0.376. The zero-order valence-corrected chi connectivity index (χ0v) is 6.94. The minimum Gasteiger partial charge on any atom is -0.465 e. The normalized spacial score (nSPS) is 10.2. The Morgan fingerprint density at radius 1 is 1.46 bits per heavy atom. The molecule has 0 fully saturated rings. The number of aromatic amines is 1. The van der Waals surface area contributed by atoms with E-state index < -0.39 is 0 Å². The molecular weight excluding hydrogens is 170 g/mol. The van der Waals surface area contributed by atoms with E-state index in [1.54, 1.807) is 12.4 Å². The van der Waals surface area contributed by atoms with Crippen LogP contribution in [-0.2, 0) is 4.74 Å². The molecule has 0 bridgehead atoms. The summed E-state index contributed by atoms with van der Waals surface area (Å²) < 4.78 is 4.60. The summed E-state index contributed by atoms with van der Waals surface area (Å²) in [7, 11) is 1.34. The molecule has 5 heteroatoms. The van der Waals surface area contributed by atoms with Crippen molar-refractivity contribution in [3.8, 4) is 0 Å². The molecule has 0 aliphatic carbocycles. The molecular formula is C8H7N3O2. The van der Waals surface area contributed by atoms with Gasteiger partial charge in [0.1, 0.15) is 0 Å². The fourth-order valence-corrected chi connectivity index (χ4v) is 1.16. The first-order valence-electron chi connectivity index (χ1n) is 3.69. The van der Waals surface area contributed by atoms with Gasteiger partial charge in [0.15, 0.2) is 0 Å². The van der Waals surface area contributed by atoms with Crippen LogP contribution >= 0.6 is 0 Å². The molecule has 0 aromatic carbocycles. The van der Waals surface area contributed by atoms with Crippen molar-refractivity contribution in [2.45, 2.75) is 0 Å². The molecule has 0 aliphatic rings. The van der Waals surface area contributed by atoms with Gasteiger partial charge >= 0.3 is 5.97 Å². The monoisotopic (exact) mass is 177 g/mol. The number of nitrogens with one attached hydrogen (secondary N) is 1. The molecule has 1 N–H and O–H groups in total. The highest BCUT2D eigenvalue weighted by Crippen LogP contribution is 2.15. The van der Waals surface area contributed by atoms with E-state index >= 15 is 0 Å². The summed E-state index contributed by atoms with van der Waals surface area (Å²) in [5.41, 5.74) is 1.25. The average Bonchev–Trinajstić information content (AvgIpc) is 2.60. The smallest absolute Gasteiger partial charge is 0.340 e. The Morgan fingerprint density at radius 3 is 3.00 bits per heavy atom. The molecule has 0 amide bonds. The van der Waals surface area contributed by atoms with Gasteiger partial charge in [-0.2, -0.15) is 10.2 Å². The first-order valence-corrected chi connectivity index (χ1v) is 3.69. The highest BCUT2D eigenvalue weighted by molar-refractivity contribution is 6.03. The van der Waals surface area contributed by atoms with Crippen LogP contribution in [0.1, 0.15) is 10.4 Å². The molecule has 2 rings (SSSR count). The molecule has 0 saturated heterocycles. The Bertz CT molecular complexity index is 449. The number of H-pyrrole nitrogens is 1. The van der Waals surface area contributed by atoms with Gasteiger partial charge in [-0.05, 0) is 0 Å². The summed E-state index contributed by atoms with van der Waals surface area (Å²) in [5.74, 6) is -0.376. The molecule has 0 unspecified atom stereocenters. The van der Waals surface area contributed by atoms with Gasteiger partial charge in [-0.25, -0.2) is 4.79 Å². The van der Waals surface area contributed by atoms with E-state index in [1.807, 2.05) is 0 Å². The van der Waals surface area contributed by atoms with Crippen molar-refractivity contribution in [1.82, 2.24) is 15.2 Å². The second-order valence-electron chi connectivity index (χ2n) is 2.51. The Kier molecular flexibility index (Phi) is 1.70. The second-order valence-corrected chi connectivity index (χ2v) is 2.51. The van der Waals surface area contributed by atoms with Crippen molar-refractivity contribution in [3.63, 3.8) is 0 Å². The van der Waals surface area contributed by atoms with Crippen molar-refractivity contribution >= 4 is 16.9 Å². The number of fused-ring (bicyclic) bond motifs is 1. The van der Waals surface area contributed by atoms with Crippen LogP contribution in [-0.4, -0.2) is 28.3 Å². The Balaban J connectivity index is 2.64. The van der Waals surface area contributed by atoms with E-state index in [0.29, 0.717) is 5.56 Å². The van der Waals surface area contributed by atoms with Crippen LogP contribution in [0, 0.1) is 0 Å². The lowest BCUT2D eigenvalue weighted by Gasteiger charge is -1.94. The number of methoxy groups -OCH3 is 1. The summed E-state index contributed by atoms with van der Waals surface area (Å²) in [4.78, 5) is 14.1. The zero-order chi connectivity index (χ0) is 9.26. The van der Waals surface area contributed by atoms with Crippen LogP contribution < -0.4 is 0 Å². The van der Waals surface area contributed by atoms with Gasteiger partial charge in [-0.15, -0.1) is 0 Å². The summed E-state index contributed by atoms with van der Waals surface area (Å²) in [6.45, 7) is 0. The molecule has 0 aliphatic heterocycles. The summed E-state index contributed by atoms with van der Waals surface area (Å²) in [5, 5.41) is 8.09. The molecule has 0 atom stereocenters. The van der Waals surface area contributed by atoms with Gasteiger partial charge in [0.05, 0.1) is 30.6 Å². The lowest BCUT2D eigenvalue weighted by molar-refractivity contribution is 0.0603. The van der Waals surface area contributed by atoms with Crippen molar-refractivity contribution in [2.75, 3.05) is 7.11 Å². The molecule has 66 valence electrons. The van der Waals surface area contributed by atoms with E-state index in [2.05, 4.69) is 19.9 Å². The zero-order valence-electron chi connectivity index (χ0n) is 6.94. The van der Waals surface area contributed by atoms with E-state index in [4.69, 9.17) is 0 Å². The number of rotatable bonds is 1. The van der Waals surface area contributed by atoms with E-state index in [1.165, 1.54) is 13.3 Å². The first-order chi connectivity index (χ1) is 6.33. The Labute approximate surface area is 73.7 Å². The lowest BCUT2D eigenvalue weighted by atomic mass is 10.2. The van der Waals surface area contributed by atoms with Crippen LogP contribution in [0.5, 0.6) is 0 Å². The number of aromatic nitrogens is 3. The van der Waals surface area contributed by atoms with Crippen LogP contribution in [0.2, 0.25) is 0 Å². The largest absolute Gasteiger partial charge is 0.465 e. The van der Waals surface area contributed by atoms with Crippen LogP contribution in [0.3, 0.4) is 0 Å². The fraction of sp³-hybridized carbons (Fsp3) is 0.125. The molecule has 2 heterocycles. The molecule has 5 nitrogen and oxygen atoms in total. The number of hydrogen-bond donors (Lipinski definition) is 1. The molecule has 2 aromatic rings. The standard InChI is InChI=1S/C8H7N3O2/c1-13-8(12)6-2-9-7-4-11-10-3-5(6)7/h2-4,9H,1H3. The van der Waals surface area contributed by atoms with Crippen LogP contribution in [0.4, 0.5) is 0 Å². The third-order valence-corrected chi connectivity index (χ3v) is 1.80. The maximum atomic E-state index is 11.2. The quantitative estimate of drug-likeness (QED) is 0.652. The second kappa shape index (κ2) is 2.85. The maximum absolute atomic E-state index is 11.2. The number of hydrogen-bond acceptors (Lipinski definition) is 4. The number of carbonyl (C=O) groups excluding carboxylic acids is 1. The van der Waals surface area contributed by atoms with Gasteiger partial charge in [0.25, 0.3) is 0 Å². The minimum absolute atomic E-state index is 0.376. The third-order valence-electron chi connectivity index (χ3n) is 1.80. The predicted molar refractivity (Wildman–Crippen MR) is 45.2 cm³/mol. The summed E-state index contributed by atoms with van der Waals surface area (Å²) in [6.07, 6.45) is 4.67. The average molecular weight is 177 g/mol. The van der Waals surface area contributed by atoms with Crippen molar-refractivity contribution < 1.29 is 9.53 Å². The third kappa shape index (κ3) is 1.14. The van der Waals surface area contributed by atoms with Crippen molar-refractivity contribution in [1.29, 1.82) is 0 Å². The lowest BCUT2D eigenvalue weighted by Crippen LogP contribution is -1.99. The fourth-order valence-electron chi connectivity index (χ4n) is 1.16. The number of nitrogens with zero attached hydrogens (tertiary/aromatic N) is 2. The number of esters is 1. The van der Waals surface area contributed by atoms with Gasteiger partial charge in [-0.3, -0.25) is 0 Å². The van der Waals surface area contributed by atoms with Crippen molar-refractivity contribution in [3.05, 3.63) is 24.2 Å². The predicted octanol–water partition coefficient (Wildman–Crippen LogP) is 0.744. The van der Waals surface area contributed by atoms with Gasteiger partial charge < -0.3 is 9.72 Å². The molecule has 0 spiro atoms. The maximum Gasteiger partial charge on any atom is 0.340 e. The highest BCUT2D eigenvalue weighted by Gasteiger charge is 2.11. The first kappa shape index (κ1) is 7.72. The summed E-state index contributed by atoms with van der Waals surface area (Å²) >= 11 is 0. The number of ether oxygens (including phenoxy) is 1. The van der Waals surface area contributed by atoms with Crippen LogP contribution in [0.25, 0.3) is 10.9 Å². The molecule has 0 saturated carbocycles. The van der Waals surface area contributed by atoms with E-state index in [0.717, 1.165) is 10.9 Å². The summed E-state index contributed by atoms with van der Waals surface area (Å²) in [6, 6.07) is 0. The number of carbonyl (C=O) groups is 1. The van der Waals surface area contributed by atoms with Crippen LogP contribution in [0.15, 0.2) is 18.6 Å². The SMILES string of the molecule is COC(=O)c1c[nH]c2cnncc12. The van der Waals surface area contributed by atoms with Crippen molar-refractivity contribution in [2.24, 2.45) is 0 Å². The highest BCUT2D eigenvalue weighted by atomic mass is 16.5. The van der Waals surface area contributed by atoms with E-state index in [9.17, 15) is 4.79 Å². The van der Waals surface area contributed by atoms with E-state index in [-0.39, 0.29) is 5.97 Å². The Morgan fingerprint density at radius 2 is 2.23 bits per heavy atom. The van der Waals surface area contributed by atoms with Gasteiger partial charge in [-0.1, -0.05) is 0 Å².